The number of amides is 2. The summed E-state index contributed by atoms with van der Waals surface area (Å²) in [5, 5.41) is 11.2. The molecule has 0 aliphatic carbocycles. The highest BCUT2D eigenvalue weighted by Gasteiger charge is 2.36. The minimum absolute atomic E-state index is 0.160. The second-order valence-electron chi connectivity index (χ2n) is 7.71. The van der Waals surface area contributed by atoms with Gasteiger partial charge in [0, 0.05) is 33.3 Å². The summed E-state index contributed by atoms with van der Waals surface area (Å²) >= 11 is 16.3. The van der Waals surface area contributed by atoms with Crippen molar-refractivity contribution in [3.05, 3.63) is 107 Å². The average Bonchev–Trinajstić information content (AvgIpc) is 3.11. The number of nitro groups is 1. The maximum Gasteiger partial charge on any atom is 0.293 e. The number of carbonyl (C=O) groups excluding carboxylic acids is 3. The zero-order valence-electron chi connectivity index (χ0n) is 18.7. The van der Waals surface area contributed by atoms with Crippen molar-refractivity contribution in [3.63, 3.8) is 0 Å². The highest BCUT2D eigenvalue weighted by molar-refractivity contribution is 9.10. The third-order valence-corrected chi connectivity index (χ3v) is 7.34. The second-order valence-corrected chi connectivity index (χ2v) is 10.4. The van der Waals surface area contributed by atoms with E-state index in [-0.39, 0.29) is 22.8 Å². The lowest BCUT2D eigenvalue weighted by Gasteiger charge is -2.11. The van der Waals surface area contributed by atoms with E-state index in [0.717, 1.165) is 22.2 Å². The minimum atomic E-state index is -0.598. The van der Waals surface area contributed by atoms with Gasteiger partial charge in [0.05, 0.1) is 20.8 Å². The molecule has 12 heteroatoms. The first-order valence-corrected chi connectivity index (χ1v) is 12.9. The van der Waals surface area contributed by atoms with Crippen LogP contribution in [0, 0.1) is 10.1 Å². The number of non-ortho nitro benzene ring substituents is 1. The number of rotatable bonds is 8. The first-order chi connectivity index (χ1) is 17.6. The van der Waals surface area contributed by atoms with Gasteiger partial charge in [-0.1, -0.05) is 35.3 Å². The molecular weight excluding hydrogens is 607 g/mol. The number of nitrogens with zero attached hydrogens (tertiary/aromatic N) is 2. The summed E-state index contributed by atoms with van der Waals surface area (Å²) in [4.78, 5) is 49.0. The molecule has 0 atom stereocenters. The SMILES string of the molecule is O=C(CN1C(=O)S/C(=C/c2ccc(OCc3ccc(Cl)cc3Cl)c(Br)c2)C1=O)c1ccc([N+](=O)[O-])cc1. The summed E-state index contributed by atoms with van der Waals surface area (Å²) in [5.74, 6) is -0.562. The number of benzene rings is 3. The lowest BCUT2D eigenvalue weighted by molar-refractivity contribution is -0.384. The number of carbonyl (C=O) groups is 3. The van der Waals surface area contributed by atoms with Gasteiger partial charge in [-0.15, -0.1) is 0 Å². The van der Waals surface area contributed by atoms with E-state index in [9.17, 15) is 24.5 Å². The Bertz CT molecular complexity index is 1460. The van der Waals surface area contributed by atoms with Gasteiger partial charge in [-0.3, -0.25) is 29.4 Å². The summed E-state index contributed by atoms with van der Waals surface area (Å²) in [6.07, 6.45) is 1.55. The van der Waals surface area contributed by atoms with Gasteiger partial charge in [0.1, 0.15) is 12.4 Å². The Morgan fingerprint density at radius 1 is 1.08 bits per heavy atom. The molecule has 1 fully saturated rings. The fraction of sp³-hybridized carbons (Fsp3) is 0.0800. The van der Waals surface area contributed by atoms with Crippen LogP contribution in [0.1, 0.15) is 21.5 Å². The van der Waals surface area contributed by atoms with Crippen LogP contribution in [0.15, 0.2) is 70.0 Å². The molecule has 4 rings (SSSR count). The van der Waals surface area contributed by atoms with E-state index in [1.165, 1.54) is 24.3 Å². The van der Waals surface area contributed by atoms with Crippen molar-refractivity contribution < 1.29 is 24.0 Å². The Balaban J connectivity index is 1.42. The molecule has 1 saturated heterocycles. The largest absolute Gasteiger partial charge is 0.488 e. The van der Waals surface area contributed by atoms with Gasteiger partial charge in [-0.2, -0.15) is 0 Å². The lowest BCUT2D eigenvalue weighted by Crippen LogP contribution is -2.33. The molecule has 0 bridgehead atoms. The summed E-state index contributed by atoms with van der Waals surface area (Å²) in [5.41, 5.74) is 1.39. The lowest BCUT2D eigenvalue weighted by atomic mass is 10.1. The molecule has 1 aliphatic rings. The Morgan fingerprint density at radius 3 is 2.46 bits per heavy atom. The maximum absolute atomic E-state index is 12.8. The molecule has 0 radical (unpaired) electrons. The number of thioether (sulfide) groups is 1. The van der Waals surface area contributed by atoms with Crippen LogP contribution in [0.2, 0.25) is 10.0 Å². The van der Waals surface area contributed by atoms with Gasteiger partial charge >= 0.3 is 0 Å². The number of imide groups is 1. The topological polar surface area (TPSA) is 107 Å². The molecule has 3 aromatic carbocycles. The van der Waals surface area contributed by atoms with Crippen LogP contribution in [-0.4, -0.2) is 33.3 Å². The molecule has 37 heavy (non-hydrogen) atoms. The van der Waals surface area contributed by atoms with Crippen LogP contribution in [-0.2, 0) is 11.4 Å². The van der Waals surface area contributed by atoms with Gasteiger partial charge in [0.2, 0.25) is 0 Å². The third kappa shape index (κ3) is 6.40. The molecule has 3 aromatic rings. The number of halogens is 3. The summed E-state index contributed by atoms with van der Waals surface area (Å²) in [6, 6.07) is 15.2. The molecule has 2 amide bonds. The number of Topliss-reactive ketones (excluding diaryl/α,β-unsaturated/α-hetero) is 1. The molecule has 8 nitrogen and oxygen atoms in total. The highest BCUT2D eigenvalue weighted by Crippen LogP contribution is 2.34. The summed E-state index contributed by atoms with van der Waals surface area (Å²) < 4.78 is 6.45. The number of ether oxygens (including phenoxy) is 1. The fourth-order valence-corrected chi connectivity index (χ4v) is 5.12. The van der Waals surface area contributed by atoms with Crippen LogP contribution < -0.4 is 4.74 Å². The summed E-state index contributed by atoms with van der Waals surface area (Å²) in [6.45, 7) is -0.251. The smallest absolute Gasteiger partial charge is 0.293 e. The van der Waals surface area contributed by atoms with E-state index in [0.29, 0.717) is 25.8 Å². The van der Waals surface area contributed by atoms with E-state index in [1.807, 2.05) is 0 Å². The van der Waals surface area contributed by atoms with Crippen LogP contribution >= 0.6 is 50.9 Å². The standard InChI is InChI=1S/C25H15BrCl2N2O6S/c26-19-9-14(1-8-22(19)36-13-16-2-5-17(27)11-20(16)28)10-23-24(32)29(25(33)37-23)12-21(31)15-3-6-18(7-4-15)30(34)35/h1-11H,12-13H2/b23-10+. The molecule has 1 heterocycles. The van der Waals surface area contributed by atoms with Gasteiger partial charge in [-0.25, -0.2) is 0 Å². The van der Waals surface area contributed by atoms with Crippen molar-refractivity contribution in [3.8, 4) is 5.75 Å². The van der Waals surface area contributed by atoms with Gasteiger partial charge in [0.15, 0.2) is 5.78 Å². The van der Waals surface area contributed by atoms with E-state index in [2.05, 4.69) is 15.9 Å². The third-order valence-electron chi connectivity index (χ3n) is 5.23. The van der Waals surface area contributed by atoms with E-state index >= 15 is 0 Å². The predicted octanol–water partition coefficient (Wildman–Crippen LogP) is 7.16. The number of hydrogen-bond donors (Lipinski definition) is 0. The van der Waals surface area contributed by atoms with Gasteiger partial charge in [-0.05, 0) is 75.7 Å². The van der Waals surface area contributed by atoms with Crippen LogP contribution in [0.3, 0.4) is 0 Å². The molecule has 0 N–H and O–H groups in total. The number of ketones is 1. The molecule has 0 saturated carbocycles. The van der Waals surface area contributed by atoms with Gasteiger partial charge < -0.3 is 4.74 Å². The Hall–Kier alpha value is -3.18. The zero-order chi connectivity index (χ0) is 26.7. The van der Waals surface area contributed by atoms with Crippen LogP contribution in [0.25, 0.3) is 6.08 Å². The van der Waals surface area contributed by atoms with E-state index in [4.69, 9.17) is 27.9 Å². The van der Waals surface area contributed by atoms with Gasteiger partial charge in [0.25, 0.3) is 16.8 Å². The number of nitro benzene ring substituents is 1. The fourth-order valence-electron chi connectivity index (χ4n) is 3.31. The average molecular weight is 622 g/mol. The van der Waals surface area contributed by atoms with E-state index in [1.54, 1.807) is 42.5 Å². The molecule has 0 unspecified atom stereocenters. The molecule has 1 aliphatic heterocycles. The highest BCUT2D eigenvalue weighted by atomic mass is 79.9. The van der Waals surface area contributed by atoms with E-state index < -0.39 is 28.4 Å². The molecule has 0 aromatic heterocycles. The van der Waals surface area contributed by atoms with Crippen molar-refractivity contribution >= 4 is 79.6 Å². The first kappa shape index (κ1) is 26.9. The van der Waals surface area contributed by atoms with Crippen LogP contribution in [0.5, 0.6) is 5.75 Å². The predicted molar refractivity (Wildman–Crippen MR) is 145 cm³/mol. The Morgan fingerprint density at radius 2 is 1.81 bits per heavy atom. The number of hydrogen-bond acceptors (Lipinski definition) is 7. The van der Waals surface area contributed by atoms with Crippen molar-refractivity contribution in [1.29, 1.82) is 0 Å². The first-order valence-electron chi connectivity index (χ1n) is 10.5. The monoisotopic (exact) mass is 620 g/mol. The maximum atomic E-state index is 12.8. The second kappa shape index (κ2) is 11.5. The van der Waals surface area contributed by atoms with Crippen molar-refractivity contribution in [2.24, 2.45) is 0 Å². The minimum Gasteiger partial charge on any atom is -0.488 e. The van der Waals surface area contributed by atoms with Crippen molar-refractivity contribution in [2.45, 2.75) is 6.61 Å². The summed E-state index contributed by atoms with van der Waals surface area (Å²) in [7, 11) is 0. The quantitative estimate of drug-likeness (QED) is 0.114. The normalized spacial score (nSPS) is 14.4. The van der Waals surface area contributed by atoms with Crippen LogP contribution in [0.4, 0.5) is 10.5 Å². The Labute approximate surface area is 233 Å². The molecule has 188 valence electrons. The van der Waals surface area contributed by atoms with Crippen molar-refractivity contribution in [1.82, 2.24) is 4.90 Å². The zero-order valence-corrected chi connectivity index (χ0v) is 22.6. The Kier molecular flexibility index (Phi) is 8.33. The molecular formula is C25H15BrCl2N2O6S. The van der Waals surface area contributed by atoms with Crippen molar-refractivity contribution in [2.75, 3.05) is 6.54 Å². The molecule has 0 spiro atoms.